The van der Waals surface area contributed by atoms with Crippen LogP contribution in [-0.2, 0) is 6.42 Å². The highest BCUT2D eigenvalue weighted by atomic mass is 15.1. The Morgan fingerprint density at radius 2 is 1.77 bits per heavy atom. The molecular formula is C21H23N. The lowest BCUT2D eigenvalue weighted by Gasteiger charge is -2.35. The fourth-order valence-corrected chi connectivity index (χ4v) is 4.54. The van der Waals surface area contributed by atoms with Gasteiger partial charge in [-0.05, 0) is 34.9 Å². The van der Waals surface area contributed by atoms with Gasteiger partial charge < -0.3 is 0 Å². The van der Waals surface area contributed by atoms with E-state index in [1.807, 2.05) is 6.08 Å². The van der Waals surface area contributed by atoms with Crippen LogP contribution >= 0.6 is 0 Å². The van der Waals surface area contributed by atoms with Gasteiger partial charge in [-0.3, -0.25) is 4.90 Å². The average Bonchev–Trinajstić information content (AvgIpc) is 2.95. The van der Waals surface area contributed by atoms with Crippen LogP contribution < -0.4 is 0 Å². The van der Waals surface area contributed by atoms with Gasteiger partial charge in [0.05, 0.1) is 0 Å². The molecule has 1 heteroatoms. The molecule has 22 heavy (non-hydrogen) atoms. The second kappa shape index (κ2) is 5.73. The third-order valence-corrected chi connectivity index (χ3v) is 5.41. The minimum absolute atomic E-state index is 0.547. The summed E-state index contributed by atoms with van der Waals surface area (Å²) in [5, 5.41) is 0. The number of likely N-dealkylation sites (tertiary alicyclic amines) is 1. The first-order chi connectivity index (χ1) is 10.9. The Hall–Kier alpha value is -1.86. The maximum Gasteiger partial charge on any atom is 0.0160 e. The van der Waals surface area contributed by atoms with Crippen LogP contribution in [0.15, 0.2) is 67.3 Å². The number of hydrogen-bond donors (Lipinski definition) is 0. The van der Waals surface area contributed by atoms with Crippen LogP contribution in [0.4, 0.5) is 0 Å². The smallest absolute Gasteiger partial charge is 0.0160 e. The molecule has 2 aromatic rings. The van der Waals surface area contributed by atoms with Gasteiger partial charge in [0.2, 0.25) is 0 Å². The SMILES string of the molecule is C=CCN1CC2Cc3ccccc3C(c3ccccc3)C2C1. The molecule has 2 aliphatic rings. The van der Waals surface area contributed by atoms with Gasteiger partial charge in [-0.1, -0.05) is 60.7 Å². The number of nitrogens with zero attached hydrogens (tertiary/aromatic N) is 1. The third kappa shape index (κ3) is 2.30. The monoisotopic (exact) mass is 289 g/mol. The van der Waals surface area contributed by atoms with Crippen LogP contribution in [0.25, 0.3) is 0 Å². The standard InChI is InChI=1S/C21H23N/c1-2-12-22-14-18-13-17-10-6-7-11-19(17)21(20(18)15-22)16-8-4-3-5-9-16/h2-11,18,20-21H,1,12-15H2. The fourth-order valence-electron chi connectivity index (χ4n) is 4.54. The first-order valence-corrected chi connectivity index (χ1v) is 8.33. The summed E-state index contributed by atoms with van der Waals surface area (Å²) in [5.41, 5.74) is 4.58. The number of fused-ring (bicyclic) bond motifs is 2. The maximum absolute atomic E-state index is 3.92. The summed E-state index contributed by atoms with van der Waals surface area (Å²) in [6.07, 6.45) is 3.28. The largest absolute Gasteiger partial charge is 0.299 e. The molecule has 1 aliphatic heterocycles. The van der Waals surface area contributed by atoms with E-state index in [1.165, 1.54) is 25.1 Å². The average molecular weight is 289 g/mol. The van der Waals surface area contributed by atoms with E-state index in [0.29, 0.717) is 5.92 Å². The zero-order valence-electron chi connectivity index (χ0n) is 13.0. The molecule has 3 unspecified atom stereocenters. The molecule has 1 aliphatic carbocycles. The molecule has 2 aromatic carbocycles. The molecule has 1 fully saturated rings. The summed E-state index contributed by atoms with van der Waals surface area (Å²) in [5.74, 6) is 2.06. The predicted molar refractivity (Wildman–Crippen MR) is 92.0 cm³/mol. The first kappa shape index (κ1) is 13.8. The van der Waals surface area contributed by atoms with Crippen molar-refractivity contribution >= 4 is 0 Å². The molecule has 1 nitrogen and oxygen atoms in total. The molecule has 0 spiro atoms. The summed E-state index contributed by atoms with van der Waals surface area (Å²) in [6.45, 7) is 7.35. The topological polar surface area (TPSA) is 3.24 Å². The third-order valence-electron chi connectivity index (χ3n) is 5.41. The van der Waals surface area contributed by atoms with Gasteiger partial charge in [-0.2, -0.15) is 0 Å². The summed E-state index contributed by atoms with van der Waals surface area (Å²) in [4.78, 5) is 2.57. The fraction of sp³-hybridized carbons (Fsp3) is 0.333. The second-order valence-electron chi connectivity index (χ2n) is 6.72. The Bertz CT molecular complexity index is 661. The van der Waals surface area contributed by atoms with E-state index in [4.69, 9.17) is 0 Å². The van der Waals surface area contributed by atoms with Gasteiger partial charge in [0.25, 0.3) is 0 Å². The number of rotatable bonds is 3. The first-order valence-electron chi connectivity index (χ1n) is 8.33. The van der Waals surface area contributed by atoms with Crippen molar-refractivity contribution in [2.75, 3.05) is 19.6 Å². The molecule has 0 aromatic heterocycles. The molecule has 1 saturated heterocycles. The Morgan fingerprint density at radius 1 is 1.00 bits per heavy atom. The Balaban J connectivity index is 1.76. The van der Waals surface area contributed by atoms with Crippen LogP contribution in [0.5, 0.6) is 0 Å². The van der Waals surface area contributed by atoms with Gasteiger partial charge in [0.1, 0.15) is 0 Å². The molecule has 0 bridgehead atoms. The van der Waals surface area contributed by atoms with Crippen LogP contribution in [0.1, 0.15) is 22.6 Å². The molecule has 1 heterocycles. The van der Waals surface area contributed by atoms with Crippen LogP contribution in [-0.4, -0.2) is 24.5 Å². The van der Waals surface area contributed by atoms with Crippen molar-refractivity contribution in [3.05, 3.63) is 83.9 Å². The van der Waals surface area contributed by atoms with E-state index in [9.17, 15) is 0 Å². The van der Waals surface area contributed by atoms with Gasteiger partial charge in [0.15, 0.2) is 0 Å². The lowest BCUT2D eigenvalue weighted by atomic mass is 9.68. The van der Waals surface area contributed by atoms with E-state index in [1.54, 1.807) is 11.1 Å². The van der Waals surface area contributed by atoms with Crippen molar-refractivity contribution in [2.24, 2.45) is 11.8 Å². The zero-order chi connectivity index (χ0) is 14.9. The van der Waals surface area contributed by atoms with Gasteiger partial charge >= 0.3 is 0 Å². The lowest BCUT2D eigenvalue weighted by Crippen LogP contribution is -2.29. The molecule has 0 N–H and O–H groups in total. The summed E-state index contributed by atoms with van der Waals surface area (Å²) in [6, 6.07) is 20.2. The van der Waals surface area contributed by atoms with Crippen molar-refractivity contribution < 1.29 is 0 Å². The van der Waals surface area contributed by atoms with Crippen LogP contribution in [0.2, 0.25) is 0 Å². The molecule has 0 amide bonds. The highest BCUT2D eigenvalue weighted by Crippen LogP contribution is 2.46. The van der Waals surface area contributed by atoms with E-state index in [0.717, 1.165) is 18.4 Å². The number of hydrogen-bond acceptors (Lipinski definition) is 1. The maximum atomic E-state index is 3.92. The molecule has 112 valence electrons. The van der Waals surface area contributed by atoms with Gasteiger partial charge in [-0.25, -0.2) is 0 Å². The predicted octanol–water partition coefficient (Wildman–Crippen LogP) is 4.11. The highest BCUT2D eigenvalue weighted by molar-refractivity contribution is 5.42. The van der Waals surface area contributed by atoms with E-state index in [2.05, 4.69) is 66.1 Å². The molecule has 0 saturated carbocycles. The summed E-state index contributed by atoms with van der Waals surface area (Å²) in [7, 11) is 0. The minimum Gasteiger partial charge on any atom is -0.299 e. The van der Waals surface area contributed by atoms with Crippen LogP contribution in [0, 0.1) is 11.8 Å². The molecule has 0 radical (unpaired) electrons. The molecule has 3 atom stereocenters. The quantitative estimate of drug-likeness (QED) is 0.769. The Morgan fingerprint density at radius 3 is 2.59 bits per heavy atom. The van der Waals surface area contributed by atoms with Crippen LogP contribution in [0.3, 0.4) is 0 Å². The Kier molecular flexibility index (Phi) is 3.59. The normalized spacial score (nSPS) is 27.2. The number of benzene rings is 2. The van der Waals surface area contributed by atoms with E-state index in [-0.39, 0.29) is 0 Å². The second-order valence-corrected chi connectivity index (χ2v) is 6.72. The van der Waals surface area contributed by atoms with Crippen molar-refractivity contribution in [1.29, 1.82) is 0 Å². The van der Waals surface area contributed by atoms with Crippen molar-refractivity contribution in [3.8, 4) is 0 Å². The van der Waals surface area contributed by atoms with Gasteiger partial charge in [0, 0.05) is 25.6 Å². The summed E-state index contributed by atoms with van der Waals surface area (Å²) < 4.78 is 0. The van der Waals surface area contributed by atoms with Crippen molar-refractivity contribution in [3.63, 3.8) is 0 Å². The van der Waals surface area contributed by atoms with Crippen molar-refractivity contribution in [2.45, 2.75) is 12.3 Å². The molecular weight excluding hydrogens is 266 g/mol. The summed E-state index contributed by atoms with van der Waals surface area (Å²) >= 11 is 0. The minimum atomic E-state index is 0.547. The highest BCUT2D eigenvalue weighted by Gasteiger charge is 2.42. The van der Waals surface area contributed by atoms with Crippen molar-refractivity contribution in [1.82, 2.24) is 4.90 Å². The van der Waals surface area contributed by atoms with Gasteiger partial charge in [-0.15, -0.1) is 6.58 Å². The molecule has 4 rings (SSSR count). The zero-order valence-corrected chi connectivity index (χ0v) is 13.0. The van der Waals surface area contributed by atoms with E-state index >= 15 is 0 Å². The van der Waals surface area contributed by atoms with E-state index < -0.39 is 0 Å². The lowest BCUT2D eigenvalue weighted by molar-refractivity contribution is 0.346. The Labute approximate surface area is 133 Å².